The molecule has 0 aromatic heterocycles. The highest BCUT2D eigenvalue weighted by Gasteiger charge is 2.36. The van der Waals surface area contributed by atoms with Gasteiger partial charge in [0.05, 0.1) is 11.7 Å². The number of alkyl halides is 3. The van der Waals surface area contributed by atoms with Crippen LogP contribution in [0.5, 0.6) is 5.75 Å². The minimum atomic E-state index is -4.43. The fraction of sp³-hybridized carbons (Fsp3) is 0.480. The Bertz CT molecular complexity index is 910. The molecule has 1 amide bonds. The Morgan fingerprint density at radius 1 is 1.09 bits per heavy atom. The third kappa shape index (κ3) is 7.12. The van der Waals surface area contributed by atoms with E-state index < -0.39 is 35.6 Å². The van der Waals surface area contributed by atoms with Crippen LogP contribution in [0.15, 0.2) is 54.6 Å². The summed E-state index contributed by atoms with van der Waals surface area (Å²) in [5.41, 5.74) is -0.591. The number of ether oxygens (including phenoxy) is 2. The first-order valence-electron chi connectivity index (χ1n) is 11.0. The van der Waals surface area contributed by atoms with Gasteiger partial charge >= 0.3 is 12.3 Å². The van der Waals surface area contributed by atoms with Gasteiger partial charge in [-0.3, -0.25) is 0 Å². The number of amides is 1. The molecule has 3 rings (SSSR count). The maximum Gasteiger partial charge on any atom is 0.416 e. The zero-order chi connectivity index (χ0) is 24.2. The summed E-state index contributed by atoms with van der Waals surface area (Å²) in [7, 11) is 0. The van der Waals surface area contributed by atoms with E-state index in [0.717, 1.165) is 17.7 Å². The number of carbonyl (C=O) groups excluding carboxylic acids is 1. The van der Waals surface area contributed by atoms with Crippen LogP contribution in [0.25, 0.3) is 0 Å². The molecule has 0 unspecified atom stereocenters. The van der Waals surface area contributed by atoms with Gasteiger partial charge in [-0.1, -0.05) is 30.3 Å². The second-order valence-electron chi connectivity index (χ2n) is 9.28. The molecule has 0 bridgehead atoms. The second-order valence-corrected chi connectivity index (χ2v) is 9.28. The van der Waals surface area contributed by atoms with Crippen molar-refractivity contribution in [1.82, 2.24) is 4.90 Å². The van der Waals surface area contributed by atoms with Gasteiger partial charge in [-0.05, 0) is 63.4 Å². The van der Waals surface area contributed by atoms with E-state index in [1.54, 1.807) is 25.7 Å². The molecule has 0 saturated carbocycles. The predicted molar refractivity (Wildman–Crippen MR) is 118 cm³/mol. The molecule has 8 heteroatoms. The van der Waals surface area contributed by atoms with Crippen LogP contribution in [0.4, 0.5) is 18.0 Å². The van der Waals surface area contributed by atoms with E-state index in [-0.39, 0.29) is 11.8 Å². The van der Waals surface area contributed by atoms with E-state index in [1.807, 2.05) is 30.3 Å². The zero-order valence-electron chi connectivity index (χ0n) is 19.0. The van der Waals surface area contributed by atoms with Gasteiger partial charge in [0.1, 0.15) is 17.5 Å². The fourth-order valence-electron chi connectivity index (χ4n) is 3.87. The molecule has 1 heterocycles. The number of halogens is 3. The first kappa shape index (κ1) is 24.9. The summed E-state index contributed by atoms with van der Waals surface area (Å²) in [6.45, 7) is 5.72. The van der Waals surface area contributed by atoms with Crippen LogP contribution in [-0.2, 0) is 10.9 Å². The molecule has 180 valence electrons. The van der Waals surface area contributed by atoms with Gasteiger partial charge in [0, 0.05) is 19.0 Å². The Kier molecular flexibility index (Phi) is 7.57. The summed E-state index contributed by atoms with van der Waals surface area (Å²) >= 11 is 0. The lowest BCUT2D eigenvalue weighted by Gasteiger charge is -2.40. The van der Waals surface area contributed by atoms with Crippen molar-refractivity contribution in [2.75, 3.05) is 6.54 Å². The molecule has 3 atom stereocenters. The number of carbonyl (C=O) groups is 1. The van der Waals surface area contributed by atoms with Crippen molar-refractivity contribution >= 4 is 6.09 Å². The van der Waals surface area contributed by atoms with Crippen molar-refractivity contribution in [1.29, 1.82) is 0 Å². The molecule has 0 spiro atoms. The molecule has 33 heavy (non-hydrogen) atoms. The average molecular weight is 466 g/mol. The highest BCUT2D eigenvalue weighted by molar-refractivity contribution is 5.68. The fourth-order valence-corrected chi connectivity index (χ4v) is 3.87. The van der Waals surface area contributed by atoms with Gasteiger partial charge < -0.3 is 19.5 Å². The maximum atomic E-state index is 12.9. The number of hydrogen-bond acceptors (Lipinski definition) is 4. The summed E-state index contributed by atoms with van der Waals surface area (Å²) in [5, 5.41) is 10.3. The molecule has 1 N–H and O–H groups in total. The summed E-state index contributed by atoms with van der Waals surface area (Å²) in [6.07, 6.45) is -4.82. The molecule has 1 fully saturated rings. The predicted octanol–water partition coefficient (Wildman–Crippen LogP) is 5.98. The Labute approximate surface area is 192 Å². The summed E-state index contributed by atoms with van der Waals surface area (Å²) < 4.78 is 50.4. The van der Waals surface area contributed by atoms with Crippen molar-refractivity contribution < 1.29 is 32.5 Å². The highest BCUT2D eigenvalue weighted by Crippen LogP contribution is 2.34. The molecule has 2 aromatic rings. The van der Waals surface area contributed by atoms with Gasteiger partial charge in [-0.15, -0.1) is 0 Å². The number of piperidine rings is 1. The van der Waals surface area contributed by atoms with Gasteiger partial charge in [0.2, 0.25) is 0 Å². The number of aliphatic hydroxyl groups is 1. The van der Waals surface area contributed by atoms with E-state index in [1.165, 1.54) is 12.1 Å². The lowest BCUT2D eigenvalue weighted by atomic mass is 9.92. The molecule has 1 aliphatic heterocycles. The summed E-state index contributed by atoms with van der Waals surface area (Å²) in [4.78, 5) is 14.4. The van der Waals surface area contributed by atoms with Crippen molar-refractivity contribution in [2.45, 2.75) is 70.1 Å². The van der Waals surface area contributed by atoms with Crippen LogP contribution >= 0.6 is 0 Å². The number of likely N-dealkylation sites (tertiary alicyclic amines) is 1. The SMILES string of the molecule is CC(C)(C)OC(=O)N1CC[C@@H](O)C[C@@H]1C[C@H](Oc1ccc(C(F)(F)F)cc1)c1ccccc1. The standard InChI is InChI=1S/C25H30F3NO4/c1-24(2,3)33-23(31)29-14-13-20(30)15-19(29)16-22(17-7-5-4-6-8-17)32-21-11-9-18(10-12-21)25(26,27)28/h4-12,19-20,22,30H,13-16H2,1-3H3/t19-,20-,22+/m1/s1. The molecule has 0 radical (unpaired) electrons. The zero-order valence-corrected chi connectivity index (χ0v) is 19.0. The van der Waals surface area contributed by atoms with E-state index in [9.17, 15) is 23.1 Å². The van der Waals surface area contributed by atoms with E-state index >= 15 is 0 Å². The van der Waals surface area contributed by atoms with Crippen LogP contribution in [0, 0.1) is 0 Å². The molecule has 1 saturated heterocycles. The smallest absolute Gasteiger partial charge is 0.416 e. The molecule has 5 nitrogen and oxygen atoms in total. The van der Waals surface area contributed by atoms with Crippen molar-refractivity contribution in [3.63, 3.8) is 0 Å². The molecular weight excluding hydrogens is 435 g/mol. The van der Waals surface area contributed by atoms with Crippen molar-refractivity contribution in [3.8, 4) is 5.75 Å². The Hall–Kier alpha value is -2.74. The normalized spacial score (nSPS) is 20.3. The number of aliphatic hydroxyl groups excluding tert-OH is 1. The van der Waals surface area contributed by atoms with E-state index in [2.05, 4.69) is 0 Å². The Morgan fingerprint density at radius 3 is 2.30 bits per heavy atom. The average Bonchev–Trinajstić information content (AvgIpc) is 2.72. The number of hydrogen-bond donors (Lipinski definition) is 1. The van der Waals surface area contributed by atoms with Gasteiger partial charge in [0.25, 0.3) is 0 Å². The topological polar surface area (TPSA) is 59.0 Å². The van der Waals surface area contributed by atoms with Gasteiger partial charge in [-0.2, -0.15) is 13.2 Å². The van der Waals surface area contributed by atoms with Gasteiger partial charge in [-0.25, -0.2) is 4.79 Å². The molecule has 0 aliphatic carbocycles. The quantitative estimate of drug-likeness (QED) is 0.591. The Morgan fingerprint density at radius 2 is 1.73 bits per heavy atom. The van der Waals surface area contributed by atoms with Crippen LogP contribution in [0.3, 0.4) is 0 Å². The Balaban J connectivity index is 1.83. The number of nitrogens with zero attached hydrogens (tertiary/aromatic N) is 1. The van der Waals surface area contributed by atoms with Crippen LogP contribution in [0.1, 0.15) is 57.3 Å². The molecule has 2 aromatic carbocycles. The maximum absolute atomic E-state index is 12.9. The van der Waals surface area contributed by atoms with Crippen LogP contribution < -0.4 is 4.74 Å². The third-order valence-electron chi connectivity index (χ3n) is 5.43. The first-order valence-corrected chi connectivity index (χ1v) is 11.0. The highest BCUT2D eigenvalue weighted by atomic mass is 19.4. The third-order valence-corrected chi connectivity index (χ3v) is 5.43. The number of benzene rings is 2. The second kappa shape index (κ2) is 10.0. The van der Waals surface area contributed by atoms with Crippen LogP contribution in [0.2, 0.25) is 0 Å². The largest absolute Gasteiger partial charge is 0.486 e. The van der Waals surface area contributed by atoms with Crippen LogP contribution in [-0.4, -0.2) is 40.4 Å². The van der Waals surface area contributed by atoms with Crippen molar-refractivity contribution in [3.05, 3.63) is 65.7 Å². The van der Waals surface area contributed by atoms with E-state index in [0.29, 0.717) is 25.8 Å². The summed E-state index contributed by atoms with van der Waals surface area (Å²) in [5.74, 6) is 0.289. The monoisotopic (exact) mass is 465 g/mol. The minimum Gasteiger partial charge on any atom is -0.486 e. The van der Waals surface area contributed by atoms with Gasteiger partial charge in [0.15, 0.2) is 0 Å². The van der Waals surface area contributed by atoms with E-state index in [4.69, 9.17) is 9.47 Å². The lowest BCUT2D eigenvalue weighted by molar-refractivity contribution is -0.137. The number of rotatable bonds is 5. The first-order chi connectivity index (χ1) is 15.4. The molecular formula is C25H30F3NO4. The minimum absolute atomic E-state index is 0.289. The summed E-state index contributed by atoms with van der Waals surface area (Å²) in [6, 6.07) is 13.5. The molecule has 1 aliphatic rings. The lowest BCUT2D eigenvalue weighted by Crippen LogP contribution is -2.50. The van der Waals surface area contributed by atoms with Crippen molar-refractivity contribution in [2.24, 2.45) is 0 Å².